The minimum atomic E-state index is -0.478. The van der Waals surface area contributed by atoms with Crippen LogP contribution in [0.25, 0.3) is 0 Å². The Balaban J connectivity index is 2.17. The van der Waals surface area contributed by atoms with Crippen LogP contribution in [-0.4, -0.2) is 4.92 Å². The number of aryl methyl sites for hydroxylation is 1. The Bertz CT molecular complexity index is 662. The van der Waals surface area contributed by atoms with Crippen LogP contribution in [-0.2, 0) is 6.54 Å². The molecule has 4 nitrogen and oxygen atoms in total. The van der Waals surface area contributed by atoms with Crippen molar-refractivity contribution in [3.05, 3.63) is 67.1 Å². The summed E-state index contributed by atoms with van der Waals surface area (Å²) in [6.45, 7) is 2.49. The van der Waals surface area contributed by atoms with E-state index in [9.17, 15) is 10.1 Å². The summed E-state index contributed by atoms with van der Waals surface area (Å²) in [7, 11) is 0. The summed E-state index contributed by atoms with van der Waals surface area (Å²) in [6.07, 6.45) is 0. The zero-order valence-electron chi connectivity index (χ0n) is 10.7. The maximum absolute atomic E-state index is 10.8. The average Bonchev–Trinajstić information content (AvgIpc) is 2.41. The van der Waals surface area contributed by atoms with Crippen LogP contribution in [0.2, 0.25) is 5.02 Å². The van der Waals surface area contributed by atoms with Crippen molar-refractivity contribution < 1.29 is 4.92 Å². The molecule has 1 N–H and O–H groups in total. The van der Waals surface area contributed by atoms with Gasteiger partial charge in [-0.2, -0.15) is 0 Å². The first kappa shape index (κ1) is 14.8. The molecule has 0 aliphatic rings. The number of nitro groups is 1. The number of nitrogens with zero attached hydrogens (tertiary/aromatic N) is 1. The van der Waals surface area contributed by atoms with Gasteiger partial charge in [-0.15, -0.1) is 0 Å². The van der Waals surface area contributed by atoms with E-state index in [1.807, 2.05) is 25.1 Å². The van der Waals surface area contributed by atoms with Crippen molar-refractivity contribution in [2.24, 2.45) is 0 Å². The molecule has 2 aromatic carbocycles. The molecule has 0 unspecified atom stereocenters. The standard InChI is InChI=1S/C14H12BrClN2O2/c1-9-2-4-11(15)13(6-9)17-8-10-3-5-12(16)14(7-10)18(19)20/h2-7,17H,8H2,1H3. The zero-order chi connectivity index (χ0) is 14.7. The molecule has 0 bridgehead atoms. The van der Waals surface area contributed by atoms with E-state index in [0.29, 0.717) is 6.54 Å². The molecule has 0 heterocycles. The number of halogens is 2. The van der Waals surface area contributed by atoms with Gasteiger partial charge in [0.1, 0.15) is 5.02 Å². The number of hydrogen-bond donors (Lipinski definition) is 1. The molecule has 0 radical (unpaired) electrons. The second-order valence-electron chi connectivity index (χ2n) is 4.38. The molecule has 0 atom stereocenters. The Morgan fingerprint density at radius 1 is 1.30 bits per heavy atom. The highest BCUT2D eigenvalue weighted by molar-refractivity contribution is 9.10. The third-order valence-corrected chi connectivity index (χ3v) is 3.82. The fourth-order valence-corrected chi connectivity index (χ4v) is 2.35. The minimum Gasteiger partial charge on any atom is -0.380 e. The molecule has 0 amide bonds. The van der Waals surface area contributed by atoms with E-state index in [4.69, 9.17) is 11.6 Å². The summed E-state index contributed by atoms with van der Waals surface area (Å²) in [4.78, 5) is 10.4. The first-order chi connectivity index (χ1) is 9.47. The van der Waals surface area contributed by atoms with Crippen molar-refractivity contribution >= 4 is 38.9 Å². The lowest BCUT2D eigenvalue weighted by atomic mass is 10.2. The highest BCUT2D eigenvalue weighted by atomic mass is 79.9. The van der Waals surface area contributed by atoms with E-state index in [0.717, 1.165) is 21.3 Å². The van der Waals surface area contributed by atoms with Gasteiger partial charge in [-0.3, -0.25) is 10.1 Å². The number of hydrogen-bond acceptors (Lipinski definition) is 3. The van der Waals surface area contributed by atoms with Gasteiger partial charge in [0.25, 0.3) is 5.69 Å². The van der Waals surface area contributed by atoms with Crippen molar-refractivity contribution in [2.45, 2.75) is 13.5 Å². The second kappa shape index (κ2) is 6.24. The van der Waals surface area contributed by atoms with E-state index in [1.165, 1.54) is 6.07 Å². The van der Waals surface area contributed by atoms with Gasteiger partial charge in [0, 0.05) is 22.8 Å². The summed E-state index contributed by atoms with van der Waals surface area (Å²) in [5, 5.41) is 14.2. The van der Waals surface area contributed by atoms with Crippen LogP contribution >= 0.6 is 27.5 Å². The molecule has 0 saturated carbocycles. The van der Waals surface area contributed by atoms with Gasteiger partial charge < -0.3 is 5.32 Å². The van der Waals surface area contributed by atoms with Crippen molar-refractivity contribution in [3.63, 3.8) is 0 Å². The van der Waals surface area contributed by atoms with Gasteiger partial charge in [0.05, 0.1) is 4.92 Å². The number of anilines is 1. The summed E-state index contributed by atoms with van der Waals surface area (Å²) < 4.78 is 0.951. The van der Waals surface area contributed by atoms with Crippen LogP contribution in [0.3, 0.4) is 0 Å². The van der Waals surface area contributed by atoms with Crippen molar-refractivity contribution in [3.8, 4) is 0 Å². The van der Waals surface area contributed by atoms with Gasteiger partial charge in [0.2, 0.25) is 0 Å². The third-order valence-electron chi connectivity index (χ3n) is 2.81. The Labute approximate surface area is 130 Å². The monoisotopic (exact) mass is 354 g/mol. The first-order valence-corrected chi connectivity index (χ1v) is 7.07. The summed E-state index contributed by atoms with van der Waals surface area (Å²) >= 11 is 9.25. The normalized spacial score (nSPS) is 10.3. The molecule has 0 aromatic heterocycles. The van der Waals surface area contributed by atoms with Crippen LogP contribution in [0, 0.1) is 17.0 Å². The number of nitro benzene ring substituents is 1. The van der Waals surface area contributed by atoms with Crippen LogP contribution in [0.4, 0.5) is 11.4 Å². The predicted molar refractivity (Wildman–Crippen MR) is 84.3 cm³/mol. The molecule has 0 aliphatic carbocycles. The van der Waals surface area contributed by atoms with Crippen LogP contribution in [0.5, 0.6) is 0 Å². The van der Waals surface area contributed by atoms with Gasteiger partial charge in [-0.05, 0) is 52.2 Å². The Hall–Kier alpha value is -1.59. The summed E-state index contributed by atoms with van der Waals surface area (Å²) in [5.74, 6) is 0. The Morgan fingerprint density at radius 2 is 2.05 bits per heavy atom. The van der Waals surface area contributed by atoms with Crippen LogP contribution in [0.1, 0.15) is 11.1 Å². The highest BCUT2D eigenvalue weighted by Crippen LogP contribution is 2.27. The minimum absolute atomic E-state index is 0.0747. The molecular formula is C14H12BrClN2O2. The number of nitrogens with one attached hydrogen (secondary N) is 1. The lowest BCUT2D eigenvalue weighted by Gasteiger charge is -2.10. The van der Waals surface area contributed by atoms with Crippen molar-refractivity contribution in [1.82, 2.24) is 0 Å². The number of rotatable bonds is 4. The Kier molecular flexibility index (Phi) is 4.62. The largest absolute Gasteiger partial charge is 0.380 e. The average molecular weight is 356 g/mol. The SMILES string of the molecule is Cc1ccc(Br)c(NCc2ccc(Cl)c([N+](=O)[O-])c2)c1. The molecule has 0 aliphatic heterocycles. The van der Waals surface area contributed by atoms with E-state index < -0.39 is 4.92 Å². The van der Waals surface area contributed by atoms with Crippen LogP contribution < -0.4 is 5.32 Å². The highest BCUT2D eigenvalue weighted by Gasteiger charge is 2.12. The lowest BCUT2D eigenvalue weighted by molar-refractivity contribution is -0.384. The van der Waals surface area contributed by atoms with Gasteiger partial charge in [-0.25, -0.2) is 0 Å². The summed E-state index contributed by atoms with van der Waals surface area (Å²) in [5.41, 5.74) is 2.81. The molecule has 2 rings (SSSR count). The molecule has 0 saturated heterocycles. The molecular weight excluding hydrogens is 344 g/mol. The number of benzene rings is 2. The maximum atomic E-state index is 10.8. The first-order valence-electron chi connectivity index (χ1n) is 5.90. The van der Waals surface area contributed by atoms with E-state index in [2.05, 4.69) is 21.2 Å². The topological polar surface area (TPSA) is 55.2 Å². The third kappa shape index (κ3) is 3.49. The second-order valence-corrected chi connectivity index (χ2v) is 5.64. The van der Waals surface area contributed by atoms with E-state index >= 15 is 0 Å². The van der Waals surface area contributed by atoms with Gasteiger partial charge >= 0.3 is 0 Å². The molecule has 2 aromatic rings. The maximum Gasteiger partial charge on any atom is 0.288 e. The molecule has 0 fully saturated rings. The zero-order valence-corrected chi connectivity index (χ0v) is 13.0. The molecule has 0 spiro atoms. The quantitative estimate of drug-likeness (QED) is 0.625. The predicted octanol–water partition coefficient (Wildman–Crippen LogP) is 4.93. The van der Waals surface area contributed by atoms with E-state index in [-0.39, 0.29) is 10.7 Å². The van der Waals surface area contributed by atoms with Crippen molar-refractivity contribution in [2.75, 3.05) is 5.32 Å². The lowest BCUT2D eigenvalue weighted by Crippen LogP contribution is -2.01. The fourth-order valence-electron chi connectivity index (χ4n) is 1.78. The molecule has 20 heavy (non-hydrogen) atoms. The fraction of sp³-hybridized carbons (Fsp3) is 0.143. The van der Waals surface area contributed by atoms with Crippen molar-refractivity contribution in [1.29, 1.82) is 0 Å². The van der Waals surface area contributed by atoms with Crippen LogP contribution in [0.15, 0.2) is 40.9 Å². The smallest absolute Gasteiger partial charge is 0.288 e. The van der Waals surface area contributed by atoms with E-state index in [1.54, 1.807) is 12.1 Å². The summed E-state index contributed by atoms with van der Waals surface area (Å²) in [6, 6.07) is 10.8. The van der Waals surface area contributed by atoms with Gasteiger partial charge in [-0.1, -0.05) is 23.7 Å². The Morgan fingerprint density at radius 3 is 2.75 bits per heavy atom. The molecule has 104 valence electrons. The molecule has 6 heteroatoms. The van der Waals surface area contributed by atoms with Gasteiger partial charge in [0.15, 0.2) is 0 Å².